The Morgan fingerprint density at radius 1 is 1.06 bits per heavy atom. The van der Waals surface area contributed by atoms with E-state index >= 15 is 0 Å². The predicted octanol–water partition coefficient (Wildman–Crippen LogP) is 3.99. The van der Waals surface area contributed by atoms with E-state index < -0.39 is 11.9 Å². The summed E-state index contributed by atoms with van der Waals surface area (Å²) in [5.41, 5.74) is 8.23. The van der Waals surface area contributed by atoms with Gasteiger partial charge in [-0.3, -0.25) is 0 Å². The van der Waals surface area contributed by atoms with E-state index in [4.69, 9.17) is 5.53 Å². The van der Waals surface area contributed by atoms with Crippen LogP contribution in [0.3, 0.4) is 0 Å². The molecule has 18 heavy (non-hydrogen) atoms. The van der Waals surface area contributed by atoms with Crippen LogP contribution in [0.4, 0.5) is 14.5 Å². The summed E-state index contributed by atoms with van der Waals surface area (Å²) < 4.78 is 25.0. The highest BCUT2D eigenvalue weighted by Gasteiger charge is 1.89. The van der Waals surface area contributed by atoms with Gasteiger partial charge in [-0.1, -0.05) is 5.11 Å². The third-order valence-electron chi connectivity index (χ3n) is 1.56. The number of rotatable bonds is 1. The molecule has 0 aliphatic rings. The minimum atomic E-state index is -0.586. The lowest BCUT2D eigenvalue weighted by Crippen LogP contribution is -1.79. The first-order valence-electron chi connectivity index (χ1n) is 4.55. The predicted molar refractivity (Wildman–Crippen MR) is 69.9 cm³/mol. The quantitative estimate of drug-likeness (QED) is 0.253. The van der Waals surface area contributed by atoms with Gasteiger partial charge in [0, 0.05) is 20.9 Å². The van der Waals surface area contributed by atoms with E-state index in [-0.39, 0.29) is 0 Å². The molecule has 0 amide bonds. The van der Waals surface area contributed by atoms with E-state index in [0.29, 0.717) is 5.69 Å². The van der Waals surface area contributed by atoms with Gasteiger partial charge in [0.25, 0.3) is 0 Å². The van der Waals surface area contributed by atoms with Crippen molar-refractivity contribution in [2.24, 2.45) is 5.11 Å². The topological polar surface area (TPSA) is 74.5 Å². The number of aromatic nitrogens is 2. The Bertz CT molecular complexity index is 516. The van der Waals surface area contributed by atoms with Crippen LogP contribution in [0.15, 0.2) is 41.8 Å². The van der Waals surface area contributed by atoms with Gasteiger partial charge in [0.05, 0.1) is 5.69 Å². The third-order valence-corrected chi connectivity index (χ3v) is 2.20. The van der Waals surface area contributed by atoms with Crippen molar-refractivity contribution >= 4 is 28.3 Å². The normalized spacial score (nSPS) is 8.83. The van der Waals surface area contributed by atoms with Crippen molar-refractivity contribution in [3.8, 4) is 0 Å². The molecule has 2 aromatic heterocycles. The average molecular weight is 361 g/mol. The van der Waals surface area contributed by atoms with E-state index in [9.17, 15) is 8.78 Å². The molecular formula is C10H6F2IN5. The SMILES string of the molecule is Fc1ccc(I)cn1.[N-]=[N+]=Nc1ccc(F)nc1. The number of hydrogen-bond donors (Lipinski definition) is 0. The van der Waals surface area contributed by atoms with Gasteiger partial charge in [-0.15, -0.1) is 0 Å². The Morgan fingerprint density at radius 3 is 2.06 bits per heavy atom. The van der Waals surface area contributed by atoms with Crippen molar-refractivity contribution in [3.05, 3.63) is 62.6 Å². The lowest BCUT2D eigenvalue weighted by atomic mass is 10.4. The average Bonchev–Trinajstić information content (AvgIpc) is 2.37. The molecule has 0 N–H and O–H groups in total. The Balaban J connectivity index is 0.000000184. The number of pyridine rings is 2. The zero-order chi connectivity index (χ0) is 13.4. The van der Waals surface area contributed by atoms with Gasteiger partial charge in [0.1, 0.15) is 0 Å². The molecule has 0 fully saturated rings. The van der Waals surface area contributed by atoms with Crippen molar-refractivity contribution in [3.63, 3.8) is 0 Å². The number of halogens is 3. The molecule has 5 nitrogen and oxygen atoms in total. The summed E-state index contributed by atoms with van der Waals surface area (Å²) in [6.45, 7) is 0. The summed E-state index contributed by atoms with van der Waals surface area (Å²) in [5.74, 6) is -1.01. The molecule has 2 rings (SSSR count). The van der Waals surface area contributed by atoms with E-state index in [1.807, 2.05) is 0 Å². The van der Waals surface area contributed by atoms with Crippen LogP contribution in [0.1, 0.15) is 0 Å². The van der Waals surface area contributed by atoms with Gasteiger partial charge >= 0.3 is 0 Å². The van der Waals surface area contributed by atoms with Gasteiger partial charge < -0.3 is 0 Å². The summed E-state index contributed by atoms with van der Waals surface area (Å²) in [5, 5.41) is 3.20. The largest absolute Gasteiger partial charge is 0.228 e. The fraction of sp³-hybridized carbons (Fsp3) is 0. The molecule has 0 spiro atoms. The maximum atomic E-state index is 12.1. The van der Waals surface area contributed by atoms with Crippen LogP contribution in [0, 0.1) is 15.5 Å². The zero-order valence-corrected chi connectivity index (χ0v) is 11.0. The van der Waals surface area contributed by atoms with Gasteiger partial charge in [-0.25, -0.2) is 9.97 Å². The highest BCUT2D eigenvalue weighted by atomic mass is 127. The summed E-state index contributed by atoms with van der Waals surface area (Å²) >= 11 is 2.07. The lowest BCUT2D eigenvalue weighted by Gasteiger charge is -1.86. The van der Waals surface area contributed by atoms with Crippen molar-refractivity contribution in [1.82, 2.24) is 9.97 Å². The van der Waals surface area contributed by atoms with Crippen LogP contribution >= 0.6 is 22.6 Å². The Hall–Kier alpha value is -1.80. The van der Waals surface area contributed by atoms with Crippen LogP contribution in [-0.4, -0.2) is 9.97 Å². The van der Waals surface area contributed by atoms with Gasteiger partial charge in [-0.05, 0) is 52.4 Å². The molecule has 8 heteroatoms. The molecular weight excluding hydrogens is 355 g/mol. The maximum Gasteiger partial charge on any atom is 0.212 e. The van der Waals surface area contributed by atoms with Crippen LogP contribution in [0.5, 0.6) is 0 Å². The zero-order valence-electron chi connectivity index (χ0n) is 8.83. The number of hydrogen-bond acceptors (Lipinski definition) is 3. The first kappa shape index (κ1) is 14.3. The fourth-order valence-corrected chi connectivity index (χ4v) is 1.16. The molecule has 0 aliphatic heterocycles. The molecule has 0 atom stereocenters. The highest BCUT2D eigenvalue weighted by Crippen LogP contribution is 2.08. The summed E-state index contributed by atoms with van der Waals surface area (Å²) in [4.78, 5) is 9.17. The van der Waals surface area contributed by atoms with Gasteiger partial charge in [0.2, 0.25) is 11.9 Å². The van der Waals surface area contributed by atoms with Crippen molar-refractivity contribution in [2.45, 2.75) is 0 Å². The highest BCUT2D eigenvalue weighted by molar-refractivity contribution is 14.1. The van der Waals surface area contributed by atoms with Crippen LogP contribution in [-0.2, 0) is 0 Å². The van der Waals surface area contributed by atoms with Crippen LogP contribution in [0.2, 0.25) is 0 Å². The number of nitrogens with zero attached hydrogens (tertiary/aromatic N) is 5. The first-order chi connectivity index (χ1) is 8.61. The van der Waals surface area contributed by atoms with Crippen molar-refractivity contribution < 1.29 is 8.78 Å². The smallest absolute Gasteiger partial charge is 0.212 e. The monoisotopic (exact) mass is 361 g/mol. The molecule has 92 valence electrons. The summed E-state index contributed by atoms with van der Waals surface area (Å²) in [6.07, 6.45) is 2.64. The first-order valence-corrected chi connectivity index (χ1v) is 5.63. The van der Waals surface area contributed by atoms with Gasteiger partial charge in [0.15, 0.2) is 0 Å². The maximum absolute atomic E-state index is 12.1. The third kappa shape index (κ3) is 5.51. The van der Waals surface area contributed by atoms with Gasteiger partial charge in [-0.2, -0.15) is 8.78 Å². The standard InChI is InChI=1S/C5H3FIN.C5H3FN4/c6-5-2-1-4(7)3-8-5;6-5-2-1-4(3-8-5)9-10-7/h1-3H;1-3H. The molecule has 0 aromatic carbocycles. The molecule has 0 radical (unpaired) electrons. The van der Waals surface area contributed by atoms with Crippen molar-refractivity contribution in [2.75, 3.05) is 0 Å². The molecule has 2 aromatic rings. The summed E-state index contributed by atoms with van der Waals surface area (Å²) in [6, 6.07) is 5.48. The second-order valence-electron chi connectivity index (χ2n) is 2.83. The molecule has 0 aliphatic carbocycles. The van der Waals surface area contributed by atoms with E-state index in [1.165, 1.54) is 18.3 Å². The Kier molecular flexibility index (Phi) is 5.95. The lowest BCUT2D eigenvalue weighted by molar-refractivity contribution is 0.583. The Labute approximate surface area is 115 Å². The van der Waals surface area contributed by atoms with Crippen LogP contribution < -0.4 is 0 Å². The summed E-state index contributed by atoms with van der Waals surface area (Å²) in [7, 11) is 0. The van der Waals surface area contributed by atoms with Crippen molar-refractivity contribution in [1.29, 1.82) is 0 Å². The minimum Gasteiger partial charge on any atom is -0.228 e. The number of azide groups is 1. The molecule has 0 saturated carbocycles. The second-order valence-corrected chi connectivity index (χ2v) is 4.07. The molecule has 0 bridgehead atoms. The molecule has 2 heterocycles. The fourth-order valence-electron chi connectivity index (χ4n) is 0.837. The molecule has 0 saturated heterocycles. The van der Waals surface area contributed by atoms with Crippen LogP contribution in [0.25, 0.3) is 10.4 Å². The minimum absolute atomic E-state index is 0.309. The van der Waals surface area contributed by atoms with E-state index in [0.717, 1.165) is 15.8 Å². The Morgan fingerprint density at radius 2 is 1.67 bits per heavy atom. The van der Waals surface area contributed by atoms with E-state index in [1.54, 1.807) is 6.07 Å². The van der Waals surface area contributed by atoms with E-state index in [2.05, 4.69) is 42.6 Å². The molecule has 0 unspecified atom stereocenters. The second kappa shape index (κ2) is 7.51.